The van der Waals surface area contributed by atoms with E-state index in [1.807, 2.05) is 25.1 Å². The molecule has 0 spiro atoms. The van der Waals surface area contributed by atoms with Gasteiger partial charge in [-0.3, -0.25) is 4.90 Å². The van der Waals surface area contributed by atoms with Crippen molar-refractivity contribution in [3.8, 4) is 23.0 Å². The molecule has 0 amide bonds. The minimum absolute atomic E-state index is 0.149. The predicted molar refractivity (Wildman–Crippen MR) is 142 cm³/mol. The first kappa shape index (κ1) is 25.4. The molecule has 37 heavy (non-hydrogen) atoms. The van der Waals surface area contributed by atoms with Gasteiger partial charge in [0.2, 0.25) is 0 Å². The lowest BCUT2D eigenvalue weighted by atomic mass is 9.83. The van der Waals surface area contributed by atoms with E-state index >= 15 is 0 Å². The SMILES string of the molecule is COc1cc2c(cc1OC)C1Cc3ccc(OC)c(OS(=O)(=O)c4c(C)cc(C)cc4C)c3CN1CC2. The van der Waals surface area contributed by atoms with Crippen LogP contribution in [0.5, 0.6) is 23.0 Å². The summed E-state index contributed by atoms with van der Waals surface area (Å²) in [5, 5.41) is 0. The number of aryl methyl sites for hydroxylation is 3. The third-order valence-corrected chi connectivity index (χ3v) is 9.01. The molecule has 8 heteroatoms. The van der Waals surface area contributed by atoms with E-state index in [0.29, 0.717) is 29.2 Å². The molecule has 0 fully saturated rings. The highest BCUT2D eigenvalue weighted by atomic mass is 32.2. The number of benzene rings is 3. The zero-order chi connectivity index (χ0) is 26.5. The quantitative estimate of drug-likeness (QED) is 0.418. The number of fused-ring (bicyclic) bond motifs is 4. The molecule has 0 bridgehead atoms. The van der Waals surface area contributed by atoms with Crippen LogP contribution in [-0.4, -0.2) is 41.2 Å². The summed E-state index contributed by atoms with van der Waals surface area (Å²) in [4.78, 5) is 2.58. The van der Waals surface area contributed by atoms with Crippen LogP contribution in [0.2, 0.25) is 0 Å². The smallest absolute Gasteiger partial charge is 0.339 e. The fourth-order valence-corrected chi connectivity index (χ4v) is 7.29. The van der Waals surface area contributed by atoms with Gasteiger partial charge in [0.05, 0.1) is 21.3 Å². The van der Waals surface area contributed by atoms with Crippen molar-refractivity contribution in [2.24, 2.45) is 0 Å². The number of ether oxygens (including phenoxy) is 3. The van der Waals surface area contributed by atoms with Crippen LogP contribution in [0.15, 0.2) is 41.3 Å². The summed E-state index contributed by atoms with van der Waals surface area (Å²) < 4.78 is 49.7. The van der Waals surface area contributed by atoms with E-state index in [4.69, 9.17) is 18.4 Å². The predicted octanol–water partition coefficient (Wildman–Crippen LogP) is 5.06. The summed E-state index contributed by atoms with van der Waals surface area (Å²) in [7, 11) is 0.752. The van der Waals surface area contributed by atoms with Crippen molar-refractivity contribution in [1.82, 2.24) is 4.90 Å². The van der Waals surface area contributed by atoms with Gasteiger partial charge in [0.15, 0.2) is 23.0 Å². The third-order valence-electron chi connectivity index (χ3n) is 7.48. The standard InChI is InChI=1S/C29H33NO6S/c1-17-11-18(2)29(19(3)12-17)37(31,32)36-28-23-16-30-10-9-21-14-26(34-5)27(35-6)15-22(21)24(30)13-20(23)7-8-25(28)33-4/h7-8,11-12,14-15,24H,9-10,13,16H2,1-6H3. The summed E-state index contributed by atoms with van der Waals surface area (Å²) in [6.45, 7) is 6.94. The molecule has 1 atom stereocenters. The van der Waals surface area contributed by atoms with E-state index in [-0.39, 0.29) is 16.7 Å². The second-order valence-corrected chi connectivity index (χ2v) is 11.3. The van der Waals surface area contributed by atoms with Gasteiger partial charge in [-0.05, 0) is 79.6 Å². The molecule has 1 unspecified atom stereocenters. The monoisotopic (exact) mass is 523 g/mol. The fourth-order valence-electron chi connectivity index (χ4n) is 5.90. The second-order valence-electron chi connectivity index (χ2n) is 9.85. The molecule has 5 rings (SSSR count). The van der Waals surface area contributed by atoms with Crippen LogP contribution < -0.4 is 18.4 Å². The first-order chi connectivity index (χ1) is 17.7. The zero-order valence-electron chi connectivity index (χ0n) is 22.2. The lowest BCUT2D eigenvalue weighted by molar-refractivity contribution is 0.158. The van der Waals surface area contributed by atoms with Gasteiger partial charge in [-0.25, -0.2) is 0 Å². The average molecular weight is 524 g/mol. The van der Waals surface area contributed by atoms with Gasteiger partial charge in [-0.1, -0.05) is 23.8 Å². The number of rotatable bonds is 6. The van der Waals surface area contributed by atoms with Gasteiger partial charge in [-0.2, -0.15) is 8.42 Å². The zero-order valence-corrected chi connectivity index (χ0v) is 23.0. The minimum Gasteiger partial charge on any atom is -0.493 e. The molecule has 0 radical (unpaired) electrons. The Morgan fingerprint density at radius 3 is 2.14 bits per heavy atom. The molecule has 196 valence electrons. The van der Waals surface area contributed by atoms with E-state index in [9.17, 15) is 8.42 Å². The molecular weight excluding hydrogens is 490 g/mol. The fraction of sp³-hybridized carbons (Fsp3) is 0.379. The van der Waals surface area contributed by atoms with Gasteiger partial charge in [0.25, 0.3) is 0 Å². The van der Waals surface area contributed by atoms with E-state index < -0.39 is 10.1 Å². The summed E-state index contributed by atoms with van der Waals surface area (Å²) in [5.41, 5.74) is 6.70. The van der Waals surface area contributed by atoms with Crippen molar-refractivity contribution in [2.75, 3.05) is 27.9 Å². The van der Waals surface area contributed by atoms with Crippen LogP contribution in [0, 0.1) is 20.8 Å². The van der Waals surface area contributed by atoms with Gasteiger partial charge in [0.1, 0.15) is 4.90 Å². The number of hydrogen-bond donors (Lipinski definition) is 0. The van der Waals surface area contributed by atoms with Crippen LogP contribution in [0.3, 0.4) is 0 Å². The van der Waals surface area contributed by atoms with Crippen molar-refractivity contribution >= 4 is 10.1 Å². The molecule has 0 saturated carbocycles. The maximum absolute atomic E-state index is 13.6. The van der Waals surface area contributed by atoms with Crippen LogP contribution in [0.1, 0.15) is 45.0 Å². The van der Waals surface area contributed by atoms with Crippen molar-refractivity contribution in [1.29, 1.82) is 0 Å². The molecule has 0 saturated heterocycles. The maximum atomic E-state index is 13.6. The normalized spacial score (nSPS) is 16.9. The second kappa shape index (κ2) is 9.58. The molecule has 0 aromatic heterocycles. The summed E-state index contributed by atoms with van der Waals surface area (Å²) >= 11 is 0. The van der Waals surface area contributed by atoms with Crippen LogP contribution in [0.25, 0.3) is 0 Å². The summed E-state index contributed by atoms with van der Waals surface area (Å²) in [6.07, 6.45) is 1.59. The topological polar surface area (TPSA) is 74.3 Å². The van der Waals surface area contributed by atoms with Crippen LogP contribution >= 0.6 is 0 Å². The van der Waals surface area contributed by atoms with Gasteiger partial charge >= 0.3 is 10.1 Å². The first-order valence-corrected chi connectivity index (χ1v) is 13.8. The van der Waals surface area contributed by atoms with Gasteiger partial charge in [-0.15, -0.1) is 0 Å². The lowest BCUT2D eigenvalue weighted by Crippen LogP contribution is -2.39. The maximum Gasteiger partial charge on any atom is 0.339 e. The highest BCUT2D eigenvalue weighted by molar-refractivity contribution is 7.87. The number of methoxy groups -OCH3 is 3. The van der Waals surface area contributed by atoms with Crippen molar-refractivity contribution in [3.63, 3.8) is 0 Å². The van der Waals surface area contributed by atoms with Crippen molar-refractivity contribution in [2.45, 2.75) is 51.1 Å². The lowest BCUT2D eigenvalue weighted by Gasteiger charge is -2.42. The Labute approximate surface area is 219 Å². The van der Waals surface area contributed by atoms with Crippen molar-refractivity contribution in [3.05, 3.63) is 75.3 Å². The molecule has 2 aliphatic rings. The molecular formula is C29H33NO6S. The molecule has 0 N–H and O–H groups in total. The first-order valence-electron chi connectivity index (χ1n) is 12.4. The highest BCUT2D eigenvalue weighted by Crippen LogP contribution is 2.46. The van der Waals surface area contributed by atoms with Crippen molar-refractivity contribution < 1.29 is 26.8 Å². The Bertz CT molecular complexity index is 1460. The molecule has 3 aromatic carbocycles. The van der Waals surface area contributed by atoms with Crippen LogP contribution in [-0.2, 0) is 29.5 Å². The summed E-state index contributed by atoms with van der Waals surface area (Å²) in [5.74, 6) is 2.13. The van der Waals surface area contributed by atoms with Gasteiger partial charge < -0.3 is 18.4 Å². The third kappa shape index (κ3) is 4.42. The Balaban J connectivity index is 1.56. The number of hydrogen-bond acceptors (Lipinski definition) is 7. The average Bonchev–Trinajstić information content (AvgIpc) is 2.86. The molecule has 2 heterocycles. The highest BCUT2D eigenvalue weighted by Gasteiger charge is 2.36. The largest absolute Gasteiger partial charge is 0.493 e. The van der Waals surface area contributed by atoms with E-state index in [2.05, 4.69) is 17.0 Å². The minimum atomic E-state index is -4.08. The van der Waals surface area contributed by atoms with E-state index in [0.717, 1.165) is 41.8 Å². The molecule has 0 aliphatic carbocycles. The summed E-state index contributed by atoms with van der Waals surface area (Å²) in [6, 6.07) is 11.8. The molecule has 3 aromatic rings. The molecule has 7 nitrogen and oxygen atoms in total. The van der Waals surface area contributed by atoms with E-state index in [1.54, 1.807) is 34.1 Å². The molecule has 2 aliphatic heterocycles. The Morgan fingerprint density at radius 2 is 1.49 bits per heavy atom. The Morgan fingerprint density at radius 1 is 0.838 bits per heavy atom. The Kier molecular flexibility index (Phi) is 6.58. The Hall–Kier alpha value is -3.23. The van der Waals surface area contributed by atoms with E-state index in [1.165, 1.54) is 18.2 Å². The number of nitrogens with zero attached hydrogens (tertiary/aromatic N) is 1. The van der Waals surface area contributed by atoms with Crippen LogP contribution in [0.4, 0.5) is 0 Å². The van der Waals surface area contributed by atoms with Gasteiger partial charge in [0, 0.05) is 24.7 Å².